The lowest BCUT2D eigenvalue weighted by atomic mass is 10.3. The number of aromatic nitrogens is 1. The maximum atomic E-state index is 5.58. The molecule has 0 N–H and O–H groups in total. The number of benzene rings is 1. The van der Waals surface area contributed by atoms with E-state index in [1.54, 1.807) is 17.5 Å². The van der Waals surface area contributed by atoms with Crippen LogP contribution in [0.3, 0.4) is 0 Å². The van der Waals surface area contributed by atoms with Crippen molar-refractivity contribution in [2.45, 2.75) is 6.61 Å². The molecule has 0 fully saturated rings. The number of hydrogen-bond acceptors (Lipinski definition) is 3. The lowest BCUT2D eigenvalue weighted by Gasteiger charge is -2.05. The molecule has 2 rings (SSSR count). The Bertz CT molecular complexity index is 402. The predicted molar refractivity (Wildman–Crippen MR) is 60.6 cm³/mol. The van der Waals surface area contributed by atoms with E-state index in [0.717, 1.165) is 15.2 Å². The molecule has 0 amide bonds. The molecule has 0 radical (unpaired) electrons. The number of thiazole rings is 1. The minimum atomic E-state index is 0.528. The Morgan fingerprint density at radius 1 is 1.36 bits per heavy atom. The fourth-order valence-corrected chi connectivity index (χ4v) is 1.95. The molecule has 0 bridgehead atoms. The smallest absolute Gasteiger partial charge is 0.140 e. The standard InChI is InChI=1S/C10H8BrNOS/c11-8-3-1-2-4-9(8)13-7-10-12-5-6-14-10/h1-6H,7H2. The SMILES string of the molecule is Brc1ccccc1OCc1nccs1. The number of nitrogens with zero attached hydrogens (tertiary/aromatic N) is 1. The van der Waals surface area contributed by atoms with Crippen molar-refractivity contribution in [2.24, 2.45) is 0 Å². The fourth-order valence-electron chi connectivity index (χ4n) is 1.03. The maximum absolute atomic E-state index is 5.58. The van der Waals surface area contributed by atoms with Gasteiger partial charge in [0.05, 0.1) is 4.47 Å². The highest BCUT2D eigenvalue weighted by Crippen LogP contribution is 2.24. The molecule has 72 valence electrons. The Balaban J connectivity index is 2.02. The van der Waals surface area contributed by atoms with Crippen molar-refractivity contribution >= 4 is 27.3 Å². The van der Waals surface area contributed by atoms with E-state index in [1.807, 2.05) is 29.6 Å². The molecule has 0 saturated heterocycles. The molecule has 0 aliphatic rings. The van der Waals surface area contributed by atoms with Crippen LogP contribution in [-0.4, -0.2) is 4.98 Å². The number of halogens is 1. The first-order valence-corrected chi connectivity index (χ1v) is 5.79. The van der Waals surface area contributed by atoms with Crippen LogP contribution in [0.2, 0.25) is 0 Å². The van der Waals surface area contributed by atoms with E-state index in [0.29, 0.717) is 6.61 Å². The minimum absolute atomic E-state index is 0.528. The molecular formula is C10H8BrNOS. The van der Waals surface area contributed by atoms with Gasteiger partial charge >= 0.3 is 0 Å². The van der Waals surface area contributed by atoms with Crippen molar-refractivity contribution in [2.75, 3.05) is 0 Å². The van der Waals surface area contributed by atoms with E-state index >= 15 is 0 Å². The Morgan fingerprint density at radius 3 is 2.93 bits per heavy atom. The van der Waals surface area contributed by atoms with Gasteiger partial charge in [-0.05, 0) is 28.1 Å². The number of para-hydroxylation sites is 1. The van der Waals surface area contributed by atoms with Crippen LogP contribution in [0, 0.1) is 0 Å². The topological polar surface area (TPSA) is 22.1 Å². The lowest BCUT2D eigenvalue weighted by molar-refractivity contribution is 0.303. The summed E-state index contributed by atoms with van der Waals surface area (Å²) in [5.41, 5.74) is 0. The largest absolute Gasteiger partial charge is 0.485 e. The summed E-state index contributed by atoms with van der Waals surface area (Å²) in [5.74, 6) is 0.850. The summed E-state index contributed by atoms with van der Waals surface area (Å²) in [6.45, 7) is 0.528. The highest BCUT2D eigenvalue weighted by atomic mass is 79.9. The van der Waals surface area contributed by atoms with Gasteiger partial charge in [0.2, 0.25) is 0 Å². The van der Waals surface area contributed by atoms with Gasteiger partial charge in [-0.1, -0.05) is 12.1 Å². The maximum Gasteiger partial charge on any atom is 0.140 e. The molecule has 1 aromatic carbocycles. The zero-order chi connectivity index (χ0) is 9.80. The zero-order valence-electron chi connectivity index (χ0n) is 7.31. The monoisotopic (exact) mass is 269 g/mol. The quantitative estimate of drug-likeness (QED) is 0.851. The molecule has 1 heterocycles. The van der Waals surface area contributed by atoms with Gasteiger partial charge in [-0.15, -0.1) is 11.3 Å². The Morgan fingerprint density at radius 2 is 2.21 bits per heavy atom. The summed E-state index contributed by atoms with van der Waals surface area (Å²) in [7, 11) is 0. The Kier molecular flexibility index (Phi) is 3.16. The molecule has 0 atom stereocenters. The van der Waals surface area contributed by atoms with Gasteiger partial charge in [0.1, 0.15) is 17.4 Å². The van der Waals surface area contributed by atoms with Gasteiger partial charge in [-0.3, -0.25) is 0 Å². The predicted octanol–water partition coefficient (Wildman–Crippen LogP) is 3.48. The van der Waals surface area contributed by atoms with Crippen molar-refractivity contribution < 1.29 is 4.74 Å². The molecular weight excluding hydrogens is 262 g/mol. The van der Waals surface area contributed by atoms with Crippen molar-refractivity contribution in [1.82, 2.24) is 4.98 Å². The second kappa shape index (κ2) is 4.57. The van der Waals surface area contributed by atoms with E-state index in [-0.39, 0.29) is 0 Å². The first-order valence-electron chi connectivity index (χ1n) is 4.12. The van der Waals surface area contributed by atoms with Crippen molar-refractivity contribution in [3.05, 3.63) is 45.3 Å². The van der Waals surface area contributed by atoms with Crippen molar-refractivity contribution in [3.63, 3.8) is 0 Å². The van der Waals surface area contributed by atoms with E-state index in [2.05, 4.69) is 20.9 Å². The van der Waals surface area contributed by atoms with Crippen LogP contribution in [0.5, 0.6) is 5.75 Å². The second-order valence-corrected chi connectivity index (χ2v) is 4.48. The average Bonchev–Trinajstić information content (AvgIpc) is 2.69. The van der Waals surface area contributed by atoms with Gasteiger partial charge in [-0.25, -0.2) is 4.98 Å². The highest BCUT2D eigenvalue weighted by molar-refractivity contribution is 9.10. The first kappa shape index (κ1) is 9.68. The van der Waals surface area contributed by atoms with Gasteiger partial charge in [0.25, 0.3) is 0 Å². The Labute approximate surface area is 94.7 Å². The van der Waals surface area contributed by atoms with Crippen molar-refractivity contribution in [1.29, 1.82) is 0 Å². The third-order valence-electron chi connectivity index (χ3n) is 1.67. The minimum Gasteiger partial charge on any atom is -0.485 e. The van der Waals surface area contributed by atoms with E-state index in [9.17, 15) is 0 Å². The zero-order valence-corrected chi connectivity index (χ0v) is 9.72. The van der Waals surface area contributed by atoms with Crippen molar-refractivity contribution in [3.8, 4) is 5.75 Å². The summed E-state index contributed by atoms with van der Waals surface area (Å²) in [4.78, 5) is 4.14. The van der Waals surface area contributed by atoms with Crippen LogP contribution < -0.4 is 4.74 Å². The number of ether oxygens (including phenoxy) is 1. The molecule has 0 spiro atoms. The Hall–Kier alpha value is -0.870. The molecule has 14 heavy (non-hydrogen) atoms. The van der Waals surface area contributed by atoms with Gasteiger partial charge in [0.15, 0.2) is 0 Å². The molecule has 0 saturated carbocycles. The normalized spacial score (nSPS) is 10.1. The molecule has 0 aliphatic heterocycles. The van der Waals surface area contributed by atoms with Crippen LogP contribution in [0.15, 0.2) is 40.3 Å². The van der Waals surface area contributed by atoms with Crippen LogP contribution >= 0.6 is 27.3 Å². The molecule has 0 unspecified atom stereocenters. The average molecular weight is 270 g/mol. The summed E-state index contributed by atoms with van der Waals surface area (Å²) < 4.78 is 6.55. The van der Waals surface area contributed by atoms with Crippen LogP contribution in [0.4, 0.5) is 0 Å². The van der Waals surface area contributed by atoms with Gasteiger partial charge in [0, 0.05) is 11.6 Å². The third kappa shape index (κ3) is 2.33. The van der Waals surface area contributed by atoms with Gasteiger partial charge < -0.3 is 4.74 Å². The molecule has 2 aromatic rings. The van der Waals surface area contributed by atoms with Crippen LogP contribution in [0.25, 0.3) is 0 Å². The lowest BCUT2D eigenvalue weighted by Crippen LogP contribution is -1.94. The fraction of sp³-hybridized carbons (Fsp3) is 0.100. The summed E-state index contributed by atoms with van der Waals surface area (Å²) in [6, 6.07) is 7.79. The van der Waals surface area contributed by atoms with Crippen LogP contribution in [-0.2, 0) is 6.61 Å². The third-order valence-corrected chi connectivity index (χ3v) is 3.08. The number of hydrogen-bond donors (Lipinski definition) is 0. The summed E-state index contributed by atoms with van der Waals surface area (Å²) >= 11 is 5.02. The summed E-state index contributed by atoms with van der Waals surface area (Å²) in [6.07, 6.45) is 1.78. The molecule has 4 heteroatoms. The van der Waals surface area contributed by atoms with E-state index in [1.165, 1.54) is 0 Å². The second-order valence-electron chi connectivity index (χ2n) is 2.64. The van der Waals surface area contributed by atoms with E-state index < -0.39 is 0 Å². The first-order chi connectivity index (χ1) is 6.86. The van der Waals surface area contributed by atoms with E-state index in [4.69, 9.17) is 4.74 Å². The van der Waals surface area contributed by atoms with Gasteiger partial charge in [-0.2, -0.15) is 0 Å². The van der Waals surface area contributed by atoms with Crippen LogP contribution in [0.1, 0.15) is 5.01 Å². The molecule has 2 nitrogen and oxygen atoms in total. The summed E-state index contributed by atoms with van der Waals surface area (Å²) in [5, 5.41) is 2.93. The molecule has 1 aromatic heterocycles. The number of rotatable bonds is 3. The molecule has 0 aliphatic carbocycles. The highest BCUT2D eigenvalue weighted by Gasteiger charge is 2.00.